The van der Waals surface area contributed by atoms with Gasteiger partial charge in [0.2, 0.25) is 0 Å². The number of hydrogen-bond acceptors (Lipinski definition) is 1. The van der Waals surface area contributed by atoms with E-state index in [1.807, 2.05) is 0 Å². The van der Waals surface area contributed by atoms with Crippen LogP contribution in [-0.2, 0) is 12.8 Å². The average molecular weight is 159 g/mol. The predicted octanol–water partition coefficient (Wildman–Crippen LogP) is 2.19. The molecule has 1 aromatic rings. The van der Waals surface area contributed by atoms with Crippen molar-refractivity contribution < 1.29 is 0 Å². The summed E-state index contributed by atoms with van der Waals surface area (Å²) in [7, 11) is 0. The highest BCUT2D eigenvalue weighted by atomic mass is 35.5. The first kappa shape index (κ1) is 7.61. The molecule has 0 fully saturated rings. The summed E-state index contributed by atoms with van der Waals surface area (Å²) >= 11 is 5.78. The Hall–Kier alpha value is -0.500. The molecule has 1 rings (SSSR count). The lowest BCUT2D eigenvalue weighted by Gasteiger charge is -1.86. The van der Waals surface area contributed by atoms with Gasteiger partial charge < -0.3 is 4.98 Å². The molecule has 0 saturated carbocycles. The first-order chi connectivity index (χ1) is 4.77. The highest BCUT2D eigenvalue weighted by molar-refractivity contribution is 6.30. The van der Waals surface area contributed by atoms with Crippen LogP contribution in [0.4, 0.5) is 0 Å². The van der Waals surface area contributed by atoms with E-state index in [1.54, 1.807) is 0 Å². The van der Waals surface area contributed by atoms with Gasteiger partial charge in [0, 0.05) is 6.42 Å². The topological polar surface area (TPSA) is 28.7 Å². The van der Waals surface area contributed by atoms with Crippen molar-refractivity contribution >= 4 is 11.6 Å². The Morgan fingerprint density at radius 1 is 1.40 bits per heavy atom. The number of H-pyrrole nitrogens is 1. The average Bonchev–Trinajstić information content (AvgIpc) is 2.30. The fourth-order valence-corrected chi connectivity index (χ4v) is 1.12. The van der Waals surface area contributed by atoms with Gasteiger partial charge in [0.1, 0.15) is 11.0 Å². The molecule has 0 aliphatic heterocycles. The Balaban J connectivity index is 2.92. The van der Waals surface area contributed by atoms with E-state index in [2.05, 4.69) is 23.8 Å². The number of nitrogens with zero attached hydrogens (tertiary/aromatic N) is 1. The third-order valence-corrected chi connectivity index (χ3v) is 1.78. The third kappa shape index (κ3) is 1.32. The zero-order valence-corrected chi connectivity index (χ0v) is 7.00. The summed E-state index contributed by atoms with van der Waals surface area (Å²) in [5.41, 5.74) is 1.04. The molecule has 1 aromatic heterocycles. The number of rotatable bonds is 2. The van der Waals surface area contributed by atoms with Crippen LogP contribution in [0.1, 0.15) is 25.4 Å². The minimum atomic E-state index is 0.624. The van der Waals surface area contributed by atoms with Crippen LogP contribution in [0.25, 0.3) is 0 Å². The second-order valence-electron chi connectivity index (χ2n) is 2.16. The highest BCUT2D eigenvalue weighted by Gasteiger charge is 2.02. The van der Waals surface area contributed by atoms with Gasteiger partial charge in [0.25, 0.3) is 0 Å². The molecular formula is C7H11ClN2. The summed E-state index contributed by atoms with van der Waals surface area (Å²) in [4.78, 5) is 7.25. The second-order valence-corrected chi connectivity index (χ2v) is 2.52. The van der Waals surface area contributed by atoms with Gasteiger partial charge >= 0.3 is 0 Å². The van der Waals surface area contributed by atoms with Crippen LogP contribution < -0.4 is 0 Å². The molecule has 3 heteroatoms. The van der Waals surface area contributed by atoms with E-state index in [-0.39, 0.29) is 0 Å². The molecule has 0 atom stereocenters. The van der Waals surface area contributed by atoms with Gasteiger partial charge in [-0.1, -0.05) is 25.4 Å². The van der Waals surface area contributed by atoms with Crippen LogP contribution in [0.5, 0.6) is 0 Å². The van der Waals surface area contributed by atoms with Gasteiger partial charge in [-0.2, -0.15) is 0 Å². The maximum absolute atomic E-state index is 5.78. The number of aromatic amines is 1. The van der Waals surface area contributed by atoms with Crippen LogP contribution in [0.3, 0.4) is 0 Å². The lowest BCUT2D eigenvalue weighted by atomic mass is 10.4. The number of aryl methyl sites for hydroxylation is 2. The van der Waals surface area contributed by atoms with Gasteiger partial charge in [-0.3, -0.25) is 0 Å². The van der Waals surface area contributed by atoms with E-state index in [0.29, 0.717) is 5.15 Å². The fourth-order valence-electron chi connectivity index (χ4n) is 0.841. The summed E-state index contributed by atoms with van der Waals surface area (Å²) in [6.45, 7) is 4.10. The molecule has 0 aliphatic carbocycles. The van der Waals surface area contributed by atoms with Crippen molar-refractivity contribution in [1.82, 2.24) is 9.97 Å². The second kappa shape index (κ2) is 3.06. The first-order valence-corrected chi connectivity index (χ1v) is 3.89. The molecule has 0 spiro atoms. The summed E-state index contributed by atoms with van der Waals surface area (Å²) in [5, 5.41) is 0.624. The third-order valence-electron chi connectivity index (χ3n) is 1.47. The molecule has 0 radical (unpaired) electrons. The zero-order chi connectivity index (χ0) is 7.56. The van der Waals surface area contributed by atoms with Crippen molar-refractivity contribution in [2.45, 2.75) is 26.7 Å². The number of aromatic nitrogens is 2. The van der Waals surface area contributed by atoms with Gasteiger partial charge in [-0.25, -0.2) is 4.98 Å². The maximum atomic E-state index is 5.78. The molecule has 1 heterocycles. The quantitative estimate of drug-likeness (QED) is 0.703. The molecule has 1 N–H and O–H groups in total. The van der Waals surface area contributed by atoms with Crippen molar-refractivity contribution in [3.63, 3.8) is 0 Å². The molecule has 0 unspecified atom stereocenters. The van der Waals surface area contributed by atoms with Crippen LogP contribution in [0.2, 0.25) is 5.15 Å². The normalized spacial score (nSPS) is 10.3. The molecule has 10 heavy (non-hydrogen) atoms. The smallest absolute Gasteiger partial charge is 0.150 e. The zero-order valence-electron chi connectivity index (χ0n) is 6.24. The fraction of sp³-hybridized carbons (Fsp3) is 0.571. The number of hydrogen-bond donors (Lipinski definition) is 1. The van der Waals surface area contributed by atoms with Crippen molar-refractivity contribution in [3.8, 4) is 0 Å². The molecule has 0 aliphatic rings. The first-order valence-electron chi connectivity index (χ1n) is 3.51. The van der Waals surface area contributed by atoms with Crippen LogP contribution in [0, 0.1) is 0 Å². The van der Waals surface area contributed by atoms with Gasteiger partial charge in [-0.15, -0.1) is 0 Å². The Kier molecular flexibility index (Phi) is 2.33. The van der Waals surface area contributed by atoms with E-state index in [0.717, 1.165) is 24.4 Å². The Morgan fingerprint density at radius 2 is 2.10 bits per heavy atom. The Bertz CT molecular complexity index is 217. The van der Waals surface area contributed by atoms with Crippen molar-refractivity contribution in [2.75, 3.05) is 0 Å². The number of halogens is 1. The Labute approximate surface area is 65.6 Å². The lowest BCUT2D eigenvalue weighted by Crippen LogP contribution is -1.82. The van der Waals surface area contributed by atoms with E-state index in [4.69, 9.17) is 11.6 Å². The Morgan fingerprint density at radius 3 is 2.40 bits per heavy atom. The van der Waals surface area contributed by atoms with Crippen molar-refractivity contribution in [2.24, 2.45) is 0 Å². The molecule has 0 amide bonds. The lowest BCUT2D eigenvalue weighted by molar-refractivity contribution is 0.963. The molecular weight excluding hydrogens is 148 g/mol. The highest BCUT2D eigenvalue weighted by Crippen LogP contribution is 2.12. The summed E-state index contributed by atoms with van der Waals surface area (Å²) < 4.78 is 0. The van der Waals surface area contributed by atoms with E-state index in [1.165, 1.54) is 0 Å². The summed E-state index contributed by atoms with van der Waals surface area (Å²) in [6, 6.07) is 0. The molecule has 0 bridgehead atoms. The SMILES string of the molecule is CCc1nc(Cl)c(CC)[nH]1. The van der Waals surface area contributed by atoms with Crippen molar-refractivity contribution in [1.29, 1.82) is 0 Å². The monoisotopic (exact) mass is 158 g/mol. The molecule has 2 nitrogen and oxygen atoms in total. The van der Waals surface area contributed by atoms with Crippen LogP contribution in [-0.4, -0.2) is 9.97 Å². The predicted molar refractivity (Wildman–Crippen MR) is 42.4 cm³/mol. The molecule has 56 valence electrons. The minimum absolute atomic E-state index is 0.624. The largest absolute Gasteiger partial charge is 0.345 e. The van der Waals surface area contributed by atoms with E-state index in [9.17, 15) is 0 Å². The van der Waals surface area contributed by atoms with Gasteiger partial charge in [-0.05, 0) is 6.42 Å². The maximum Gasteiger partial charge on any atom is 0.150 e. The molecule has 0 aromatic carbocycles. The number of nitrogens with one attached hydrogen (secondary N) is 1. The van der Waals surface area contributed by atoms with Crippen LogP contribution in [0.15, 0.2) is 0 Å². The number of imidazole rings is 1. The van der Waals surface area contributed by atoms with Crippen molar-refractivity contribution in [3.05, 3.63) is 16.7 Å². The van der Waals surface area contributed by atoms with Gasteiger partial charge in [0.05, 0.1) is 5.69 Å². The van der Waals surface area contributed by atoms with E-state index >= 15 is 0 Å². The summed E-state index contributed by atoms with van der Waals surface area (Å²) in [6.07, 6.45) is 1.84. The standard InChI is InChI=1S/C7H11ClN2/c1-3-5-7(8)10-6(4-2)9-5/h3-4H2,1-2H3,(H,9,10). The van der Waals surface area contributed by atoms with Crippen LogP contribution >= 0.6 is 11.6 Å². The van der Waals surface area contributed by atoms with E-state index < -0.39 is 0 Å². The van der Waals surface area contributed by atoms with Gasteiger partial charge in [0.15, 0.2) is 0 Å². The molecule has 0 saturated heterocycles. The minimum Gasteiger partial charge on any atom is -0.345 e. The summed E-state index contributed by atoms with van der Waals surface area (Å²) in [5.74, 6) is 0.974.